The Morgan fingerprint density at radius 1 is 1.50 bits per heavy atom. The lowest BCUT2D eigenvalue weighted by Crippen LogP contribution is -2.28. The van der Waals surface area contributed by atoms with Crippen LogP contribution in [-0.2, 0) is 13.5 Å². The summed E-state index contributed by atoms with van der Waals surface area (Å²) in [6.07, 6.45) is 5.33. The largest absolute Gasteiger partial charge is 0.321 e. The first kappa shape index (κ1) is 13.5. The lowest BCUT2D eigenvalue weighted by molar-refractivity contribution is 0.322. The lowest BCUT2D eigenvalue weighted by atomic mass is 10.1. The van der Waals surface area contributed by atoms with E-state index in [0.717, 1.165) is 31.3 Å². The van der Waals surface area contributed by atoms with Gasteiger partial charge in [-0.15, -0.1) is 10.2 Å². The fraction of sp³-hybridized carbons (Fsp3) is 0.846. The van der Waals surface area contributed by atoms with E-state index >= 15 is 0 Å². The molecule has 2 rings (SSSR count). The van der Waals surface area contributed by atoms with Gasteiger partial charge in [-0.1, -0.05) is 6.92 Å². The van der Waals surface area contributed by atoms with E-state index in [2.05, 4.69) is 27.3 Å². The summed E-state index contributed by atoms with van der Waals surface area (Å²) in [6, 6.07) is 0. The molecule has 1 aromatic heterocycles. The minimum absolute atomic E-state index is 0.830. The van der Waals surface area contributed by atoms with Crippen LogP contribution in [0.4, 0.5) is 0 Å². The Labute approximate surface area is 110 Å². The second-order valence-electron chi connectivity index (χ2n) is 5.27. The van der Waals surface area contributed by atoms with Crippen LogP contribution in [-0.4, -0.2) is 52.4 Å². The van der Waals surface area contributed by atoms with E-state index in [4.69, 9.17) is 0 Å². The van der Waals surface area contributed by atoms with E-state index in [1.165, 1.54) is 32.5 Å². The second kappa shape index (κ2) is 6.85. The monoisotopic (exact) mass is 251 g/mol. The summed E-state index contributed by atoms with van der Waals surface area (Å²) < 4.78 is 2.01. The molecule has 1 fully saturated rings. The van der Waals surface area contributed by atoms with Gasteiger partial charge < -0.3 is 14.8 Å². The van der Waals surface area contributed by atoms with E-state index in [1.807, 2.05) is 11.6 Å². The first-order valence-corrected chi connectivity index (χ1v) is 7.05. The average molecular weight is 251 g/mol. The van der Waals surface area contributed by atoms with Crippen molar-refractivity contribution >= 4 is 0 Å². The van der Waals surface area contributed by atoms with Crippen LogP contribution < -0.4 is 5.32 Å². The molecule has 1 saturated heterocycles. The van der Waals surface area contributed by atoms with Crippen LogP contribution in [0.2, 0.25) is 0 Å². The van der Waals surface area contributed by atoms with Gasteiger partial charge in [0.25, 0.3) is 0 Å². The molecule has 1 aromatic rings. The summed E-state index contributed by atoms with van der Waals surface area (Å²) in [5.74, 6) is 1.92. The summed E-state index contributed by atoms with van der Waals surface area (Å²) in [7, 11) is 2.01. The van der Waals surface area contributed by atoms with Crippen molar-refractivity contribution in [3.8, 4) is 0 Å². The van der Waals surface area contributed by atoms with Crippen molar-refractivity contribution < 1.29 is 0 Å². The van der Waals surface area contributed by atoms with Gasteiger partial charge in [-0.25, -0.2) is 0 Å². The van der Waals surface area contributed by atoms with Gasteiger partial charge in [-0.3, -0.25) is 0 Å². The molecule has 5 heteroatoms. The van der Waals surface area contributed by atoms with Crippen LogP contribution in [0.15, 0.2) is 6.33 Å². The maximum absolute atomic E-state index is 4.13. The summed E-state index contributed by atoms with van der Waals surface area (Å²) >= 11 is 0. The quantitative estimate of drug-likeness (QED) is 0.724. The Bertz CT molecular complexity index is 349. The highest BCUT2D eigenvalue weighted by Gasteiger charge is 2.21. The molecule has 1 aliphatic rings. The molecule has 2 heterocycles. The third-order valence-corrected chi connectivity index (χ3v) is 3.69. The number of aromatic nitrogens is 3. The van der Waals surface area contributed by atoms with Crippen molar-refractivity contribution in [1.82, 2.24) is 25.0 Å². The normalized spacial score (nSPS) is 20.7. The zero-order chi connectivity index (χ0) is 12.8. The van der Waals surface area contributed by atoms with Crippen molar-refractivity contribution in [2.24, 2.45) is 13.0 Å². The molecule has 1 aliphatic heterocycles. The Balaban J connectivity index is 1.65. The van der Waals surface area contributed by atoms with Crippen molar-refractivity contribution in [3.05, 3.63) is 12.2 Å². The Kier molecular flexibility index (Phi) is 5.13. The number of nitrogens with one attached hydrogen (secondary N) is 1. The summed E-state index contributed by atoms with van der Waals surface area (Å²) in [5.41, 5.74) is 0. The first-order chi connectivity index (χ1) is 8.79. The highest BCUT2D eigenvalue weighted by Crippen LogP contribution is 2.15. The minimum atomic E-state index is 0.830. The molecule has 0 aliphatic carbocycles. The highest BCUT2D eigenvalue weighted by atomic mass is 15.3. The summed E-state index contributed by atoms with van der Waals surface area (Å²) in [5, 5.41) is 11.6. The van der Waals surface area contributed by atoms with Gasteiger partial charge >= 0.3 is 0 Å². The molecule has 0 radical (unpaired) electrons. The van der Waals surface area contributed by atoms with E-state index in [1.54, 1.807) is 6.33 Å². The predicted octanol–water partition coefficient (Wildman–Crippen LogP) is 0.679. The zero-order valence-corrected chi connectivity index (χ0v) is 11.6. The molecular formula is C13H25N5. The maximum atomic E-state index is 4.13. The van der Waals surface area contributed by atoms with E-state index in [0.29, 0.717) is 0 Å². The summed E-state index contributed by atoms with van der Waals surface area (Å²) in [4.78, 5) is 2.55. The number of aryl methyl sites for hydroxylation is 1. The van der Waals surface area contributed by atoms with Gasteiger partial charge in [0.15, 0.2) is 0 Å². The van der Waals surface area contributed by atoms with Crippen molar-refractivity contribution in [2.45, 2.75) is 26.2 Å². The fourth-order valence-electron chi connectivity index (χ4n) is 2.56. The molecule has 0 saturated carbocycles. The van der Waals surface area contributed by atoms with Crippen LogP contribution in [0.3, 0.4) is 0 Å². The number of likely N-dealkylation sites (tertiary alicyclic amines) is 1. The third-order valence-electron chi connectivity index (χ3n) is 3.69. The molecule has 1 N–H and O–H groups in total. The van der Waals surface area contributed by atoms with E-state index < -0.39 is 0 Å². The standard InChI is InChI=1S/C13H25N5/c1-3-6-14-9-12-4-7-18(10-12)8-5-13-16-15-11-17(13)2/h11-12,14H,3-10H2,1-2H3. The predicted molar refractivity (Wildman–Crippen MR) is 72.4 cm³/mol. The van der Waals surface area contributed by atoms with Crippen LogP contribution in [0.1, 0.15) is 25.6 Å². The number of nitrogens with zero attached hydrogens (tertiary/aromatic N) is 4. The van der Waals surface area contributed by atoms with Crippen LogP contribution >= 0.6 is 0 Å². The van der Waals surface area contributed by atoms with Gasteiger partial charge in [0.05, 0.1) is 0 Å². The SMILES string of the molecule is CCCNCC1CCN(CCc2nncn2C)C1. The lowest BCUT2D eigenvalue weighted by Gasteiger charge is -2.15. The molecule has 0 spiro atoms. The second-order valence-corrected chi connectivity index (χ2v) is 5.27. The number of hydrogen-bond acceptors (Lipinski definition) is 4. The number of rotatable bonds is 7. The van der Waals surface area contributed by atoms with Crippen LogP contribution in [0.25, 0.3) is 0 Å². The molecule has 0 bridgehead atoms. The molecule has 1 atom stereocenters. The topological polar surface area (TPSA) is 46.0 Å². The Hall–Kier alpha value is -0.940. The zero-order valence-electron chi connectivity index (χ0n) is 11.6. The Morgan fingerprint density at radius 3 is 3.11 bits per heavy atom. The highest BCUT2D eigenvalue weighted by molar-refractivity contribution is 4.87. The van der Waals surface area contributed by atoms with Gasteiger partial charge in [0.2, 0.25) is 0 Å². The fourth-order valence-corrected chi connectivity index (χ4v) is 2.56. The first-order valence-electron chi connectivity index (χ1n) is 7.05. The average Bonchev–Trinajstić information content (AvgIpc) is 2.96. The molecule has 1 unspecified atom stereocenters. The van der Waals surface area contributed by atoms with Gasteiger partial charge in [0, 0.05) is 26.6 Å². The van der Waals surface area contributed by atoms with Gasteiger partial charge in [-0.05, 0) is 38.4 Å². The molecule has 5 nitrogen and oxygen atoms in total. The van der Waals surface area contributed by atoms with Crippen molar-refractivity contribution in [2.75, 3.05) is 32.7 Å². The maximum Gasteiger partial charge on any atom is 0.133 e. The van der Waals surface area contributed by atoms with Crippen LogP contribution in [0.5, 0.6) is 0 Å². The molecule has 102 valence electrons. The molecule has 18 heavy (non-hydrogen) atoms. The van der Waals surface area contributed by atoms with E-state index in [-0.39, 0.29) is 0 Å². The summed E-state index contributed by atoms with van der Waals surface area (Å²) in [6.45, 7) is 8.11. The van der Waals surface area contributed by atoms with Crippen molar-refractivity contribution in [1.29, 1.82) is 0 Å². The molecular weight excluding hydrogens is 226 g/mol. The van der Waals surface area contributed by atoms with Crippen molar-refractivity contribution in [3.63, 3.8) is 0 Å². The van der Waals surface area contributed by atoms with E-state index in [9.17, 15) is 0 Å². The minimum Gasteiger partial charge on any atom is -0.321 e. The van der Waals surface area contributed by atoms with Gasteiger partial charge in [0.1, 0.15) is 12.2 Å². The van der Waals surface area contributed by atoms with Crippen LogP contribution in [0, 0.1) is 5.92 Å². The Morgan fingerprint density at radius 2 is 2.39 bits per heavy atom. The smallest absolute Gasteiger partial charge is 0.133 e. The third kappa shape index (κ3) is 3.78. The number of hydrogen-bond donors (Lipinski definition) is 1. The molecule has 0 aromatic carbocycles. The van der Waals surface area contributed by atoms with Gasteiger partial charge in [-0.2, -0.15) is 0 Å². The molecule has 0 amide bonds.